The van der Waals surface area contributed by atoms with Gasteiger partial charge in [0.2, 0.25) is 0 Å². The summed E-state index contributed by atoms with van der Waals surface area (Å²) in [5.41, 5.74) is 8.30. The number of aromatic hydroxyl groups is 2. The van der Waals surface area contributed by atoms with E-state index in [4.69, 9.17) is 10.8 Å². The average Bonchev–Trinajstić information content (AvgIpc) is 2.18. The van der Waals surface area contributed by atoms with Crippen LogP contribution < -0.4 is 16.6 Å². The molecule has 0 aliphatic rings. The van der Waals surface area contributed by atoms with Crippen molar-refractivity contribution in [2.45, 2.75) is 0 Å². The van der Waals surface area contributed by atoms with E-state index in [2.05, 4.69) is 0 Å². The maximum absolute atomic E-state index is 11.3. The van der Waals surface area contributed by atoms with E-state index in [-0.39, 0.29) is 17.1 Å². The van der Waals surface area contributed by atoms with Crippen molar-refractivity contribution in [3.05, 3.63) is 23.8 Å². The smallest absolute Gasteiger partial charge is 0.330 e. The van der Waals surface area contributed by atoms with Crippen molar-refractivity contribution in [1.82, 2.24) is 10.9 Å². The molecule has 0 radical (unpaired) electrons. The van der Waals surface area contributed by atoms with Crippen LogP contribution in [0.4, 0.5) is 4.79 Å². The van der Waals surface area contributed by atoms with Crippen molar-refractivity contribution >= 4 is 11.9 Å². The van der Waals surface area contributed by atoms with Crippen LogP contribution in [0.2, 0.25) is 0 Å². The van der Waals surface area contributed by atoms with Crippen molar-refractivity contribution in [1.29, 1.82) is 0 Å². The normalized spacial score (nSPS) is 9.33. The highest BCUT2D eigenvalue weighted by Crippen LogP contribution is 2.21. The van der Waals surface area contributed by atoms with Gasteiger partial charge in [0.1, 0.15) is 11.5 Å². The number of nitrogens with two attached hydrogens (primary N) is 1. The Kier molecular flexibility index (Phi) is 2.97. The number of phenols is 2. The van der Waals surface area contributed by atoms with E-state index < -0.39 is 11.9 Å². The first-order valence-electron chi connectivity index (χ1n) is 3.88. The van der Waals surface area contributed by atoms with E-state index in [9.17, 15) is 14.7 Å². The predicted molar refractivity (Wildman–Crippen MR) is 50.0 cm³/mol. The third-order valence-corrected chi connectivity index (χ3v) is 1.52. The maximum Gasteiger partial charge on any atom is 0.330 e. The van der Waals surface area contributed by atoms with Gasteiger partial charge < -0.3 is 15.9 Å². The molecule has 0 heterocycles. The van der Waals surface area contributed by atoms with Gasteiger partial charge in [0.25, 0.3) is 5.91 Å². The molecule has 0 fully saturated rings. The van der Waals surface area contributed by atoms with Crippen molar-refractivity contribution in [2.75, 3.05) is 0 Å². The van der Waals surface area contributed by atoms with Crippen molar-refractivity contribution < 1.29 is 19.8 Å². The molecule has 0 aromatic heterocycles. The van der Waals surface area contributed by atoms with Crippen LogP contribution in [0.1, 0.15) is 10.4 Å². The molecule has 0 saturated carbocycles. The number of primary amides is 1. The van der Waals surface area contributed by atoms with Crippen molar-refractivity contribution in [3.8, 4) is 11.5 Å². The standard InChI is InChI=1S/C8H9N3O4/c9-8(15)11-10-7(14)5-3-4(12)1-2-6(5)13/h1-3,12-13H,(H,10,14)(H3,9,11,15). The molecule has 0 unspecified atom stereocenters. The molecule has 3 amide bonds. The molecule has 7 nitrogen and oxygen atoms in total. The highest BCUT2D eigenvalue weighted by atomic mass is 16.3. The predicted octanol–water partition coefficient (Wildman–Crippen LogP) is -0.589. The lowest BCUT2D eigenvalue weighted by Crippen LogP contribution is -2.44. The quantitative estimate of drug-likeness (QED) is 0.314. The number of phenolic OH excluding ortho intramolecular Hbond substituents is 2. The summed E-state index contributed by atoms with van der Waals surface area (Å²) in [5, 5.41) is 18.3. The Bertz CT molecular complexity index is 405. The number of hydrogen-bond acceptors (Lipinski definition) is 4. The molecule has 0 aliphatic heterocycles. The Morgan fingerprint density at radius 2 is 1.87 bits per heavy atom. The van der Waals surface area contributed by atoms with Crippen LogP contribution in [0.5, 0.6) is 11.5 Å². The third-order valence-electron chi connectivity index (χ3n) is 1.52. The number of rotatable bonds is 1. The number of hydrogen-bond donors (Lipinski definition) is 5. The zero-order valence-corrected chi connectivity index (χ0v) is 7.52. The maximum atomic E-state index is 11.3. The third kappa shape index (κ3) is 2.76. The van der Waals surface area contributed by atoms with Crippen molar-refractivity contribution in [3.63, 3.8) is 0 Å². The van der Waals surface area contributed by atoms with Gasteiger partial charge >= 0.3 is 6.03 Å². The summed E-state index contributed by atoms with van der Waals surface area (Å²) < 4.78 is 0. The summed E-state index contributed by atoms with van der Waals surface area (Å²) >= 11 is 0. The first-order chi connectivity index (χ1) is 7.00. The molecule has 0 spiro atoms. The fourth-order valence-corrected chi connectivity index (χ4v) is 0.892. The highest BCUT2D eigenvalue weighted by molar-refractivity contribution is 5.97. The number of hydrazine groups is 1. The molecule has 0 saturated heterocycles. The summed E-state index contributed by atoms with van der Waals surface area (Å²) in [5.74, 6) is -1.30. The largest absolute Gasteiger partial charge is 0.508 e. The van der Waals surface area contributed by atoms with Crippen LogP contribution in [-0.2, 0) is 0 Å². The second kappa shape index (κ2) is 4.18. The van der Waals surface area contributed by atoms with Gasteiger partial charge in [0.05, 0.1) is 5.56 Å². The minimum atomic E-state index is -0.942. The second-order valence-corrected chi connectivity index (χ2v) is 2.64. The fourth-order valence-electron chi connectivity index (χ4n) is 0.892. The summed E-state index contributed by atoms with van der Waals surface area (Å²) in [4.78, 5) is 21.5. The number of benzene rings is 1. The SMILES string of the molecule is NC(=O)NNC(=O)c1cc(O)ccc1O. The zero-order valence-electron chi connectivity index (χ0n) is 7.52. The van der Waals surface area contributed by atoms with E-state index >= 15 is 0 Å². The fraction of sp³-hybridized carbons (Fsp3) is 0. The molecular formula is C8H9N3O4. The first-order valence-corrected chi connectivity index (χ1v) is 3.88. The minimum Gasteiger partial charge on any atom is -0.508 e. The van der Waals surface area contributed by atoms with Crippen LogP contribution in [0.3, 0.4) is 0 Å². The van der Waals surface area contributed by atoms with Gasteiger partial charge in [0.15, 0.2) is 0 Å². The number of carbonyl (C=O) groups excluding carboxylic acids is 2. The molecule has 6 N–H and O–H groups in total. The highest BCUT2D eigenvalue weighted by Gasteiger charge is 2.11. The Morgan fingerprint density at radius 1 is 1.20 bits per heavy atom. The molecule has 80 valence electrons. The number of urea groups is 1. The Hall–Kier alpha value is -2.44. The molecule has 0 aliphatic carbocycles. The van der Waals surface area contributed by atoms with Crippen LogP contribution in [0.15, 0.2) is 18.2 Å². The molecule has 7 heteroatoms. The molecular weight excluding hydrogens is 202 g/mol. The van der Waals surface area contributed by atoms with E-state index in [1.54, 1.807) is 0 Å². The van der Waals surface area contributed by atoms with Gasteiger partial charge in [-0.3, -0.25) is 10.2 Å². The van der Waals surface area contributed by atoms with Crippen LogP contribution >= 0.6 is 0 Å². The molecule has 1 rings (SSSR count). The molecule has 0 atom stereocenters. The lowest BCUT2D eigenvalue weighted by molar-refractivity contribution is 0.0934. The Labute approximate surface area is 84.5 Å². The van der Waals surface area contributed by atoms with Gasteiger partial charge in [-0.15, -0.1) is 0 Å². The van der Waals surface area contributed by atoms with Gasteiger partial charge in [-0.1, -0.05) is 0 Å². The molecule has 1 aromatic rings. The van der Waals surface area contributed by atoms with E-state index in [1.165, 1.54) is 6.07 Å². The summed E-state index contributed by atoms with van der Waals surface area (Å²) in [6.07, 6.45) is 0. The Morgan fingerprint density at radius 3 is 2.47 bits per heavy atom. The van der Waals surface area contributed by atoms with Gasteiger partial charge in [-0.2, -0.15) is 0 Å². The lowest BCUT2D eigenvalue weighted by atomic mass is 10.2. The summed E-state index contributed by atoms with van der Waals surface area (Å²) in [7, 11) is 0. The molecule has 15 heavy (non-hydrogen) atoms. The summed E-state index contributed by atoms with van der Waals surface area (Å²) in [6, 6.07) is 2.47. The average molecular weight is 211 g/mol. The number of nitrogens with one attached hydrogen (secondary N) is 2. The lowest BCUT2D eigenvalue weighted by Gasteiger charge is -2.06. The monoisotopic (exact) mass is 211 g/mol. The van der Waals surface area contributed by atoms with Crippen LogP contribution in [0.25, 0.3) is 0 Å². The van der Waals surface area contributed by atoms with Crippen LogP contribution in [-0.4, -0.2) is 22.2 Å². The minimum absolute atomic E-state index is 0.177. The molecule has 1 aromatic carbocycles. The second-order valence-electron chi connectivity index (χ2n) is 2.64. The van der Waals surface area contributed by atoms with E-state index in [1.807, 2.05) is 10.9 Å². The number of carbonyl (C=O) groups is 2. The Balaban J connectivity index is 2.81. The number of amides is 3. The summed E-state index contributed by atoms with van der Waals surface area (Å²) in [6.45, 7) is 0. The van der Waals surface area contributed by atoms with E-state index in [0.29, 0.717) is 0 Å². The van der Waals surface area contributed by atoms with Gasteiger partial charge in [-0.05, 0) is 18.2 Å². The zero-order chi connectivity index (χ0) is 11.4. The molecule has 0 bridgehead atoms. The van der Waals surface area contributed by atoms with Gasteiger partial charge in [-0.25, -0.2) is 10.2 Å². The van der Waals surface area contributed by atoms with Crippen LogP contribution in [0, 0.1) is 0 Å². The van der Waals surface area contributed by atoms with E-state index in [0.717, 1.165) is 12.1 Å². The topological polar surface area (TPSA) is 125 Å². The van der Waals surface area contributed by atoms with Crippen molar-refractivity contribution in [2.24, 2.45) is 5.73 Å². The van der Waals surface area contributed by atoms with Gasteiger partial charge in [0, 0.05) is 0 Å². The first kappa shape index (κ1) is 10.6.